The quantitative estimate of drug-likeness (QED) is 0.0946. The van der Waals surface area contributed by atoms with E-state index in [1.165, 1.54) is 13.0 Å². The Morgan fingerprint density at radius 3 is 2.22 bits per heavy atom. The summed E-state index contributed by atoms with van der Waals surface area (Å²) in [6.07, 6.45) is 2.93. The van der Waals surface area contributed by atoms with Gasteiger partial charge in [-0.15, -0.1) is 0 Å². The molecule has 5 rings (SSSR count). The second-order valence-corrected chi connectivity index (χ2v) is 12.5. The zero-order valence-corrected chi connectivity index (χ0v) is 28.5. The fraction of sp³-hybridized carbons (Fsp3) is 0.0294. The molecule has 2 N–H and O–H groups in total. The number of carbonyl (C=O) groups excluding carboxylic acids is 3. The van der Waals surface area contributed by atoms with E-state index in [0.717, 1.165) is 4.68 Å². The van der Waals surface area contributed by atoms with Crippen LogP contribution in [0, 0.1) is 0 Å². The summed E-state index contributed by atoms with van der Waals surface area (Å²) < 4.78 is 1.95. The van der Waals surface area contributed by atoms with Crippen LogP contribution in [0.3, 0.4) is 0 Å². The predicted octanol–water partition coefficient (Wildman–Crippen LogP) is 7.90. The van der Waals surface area contributed by atoms with Gasteiger partial charge in [0.05, 0.1) is 22.2 Å². The molecule has 230 valence electrons. The molecule has 0 saturated heterocycles. The van der Waals surface area contributed by atoms with Gasteiger partial charge in [-0.05, 0) is 88.6 Å². The Morgan fingerprint density at radius 1 is 0.870 bits per heavy atom. The molecular weight excluding hydrogens is 759 g/mol. The number of ketones is 1. The van der Waals surface area contributed by atoms with Crippen molar-refractivity contribution < 1.29 is 14.4 Å². The first-order valence-corrected chi connectivity index (χ1v) is 15.9. The number of carbonyl (C=O) groups is 3. The van der Waals surface area contributed by atoms with E-state index in [4.69, 9.17) is 28.2 Å². The van der Waals surface area contributed by atoms with E-state index in [1.54, 1.807) is 97.1 Å². The van der Waals surface area contributed by atoms with Gasteiger partial charge in [0.2, 0.25) is 0 Å². The molecule has 12 heteroatoms. The van der Waals surface area contributed by atoms with Crippen molar-refractivity contribution in [3.05, 3.63) is 148 Å². The molecule has 0 saturated carbocycles. The van der Waals surface area contributed by atoms with Crippen LogP contribution in [-0.2, 0) is 9.59 Å². The normalized spacial score (nSPS) is 11.8. The van der Waals surface area contributed by atoms with Crippen molar-refractivity contribution in [1.29, 1.82) is 0 Å². The van der Waals surface area contributed by atoms with E-state index in [9.17, 15) is 19.2 Å². The molecule has 0 aliphatic rings. The molecule has 0 fully saturated rings. The maximum absolute atomic E-state index is 14.1. The number of hydrogen-bond donors (Lipinski definition) is 2. The van der Waals surface area contributed by atoms with E-state index in [-0.39, 0.29) is 28.0 Å². The lowest BCUT2D eigenvalue weighted by Gasteiger charge is -2.18. The SMILES string of the molecule is CC(=O)/C(=C/c1ccc(Cl)cc1)C(=O)Nn1c(/C(=C/c2ccccc2Cl)NC(=O)c2ccccc2)nc2c(Br)cc(Br)cc2c1=O. The van der Waals surface area contributed by atoms with Crippen LogP contribution >= 0.6 is 55.1 Å². The minimum Gasteiger partial charge on any atom is -0.319 e. The lowest BCUT2D eigenvalue weighted by molar-refractivity contribution is -0.119. The smallest absolute Gasteiger partial charge is 0.280 e. The number of halogens is 4. The summed E-state index contributed by atoms with van der Waals surface area (Å²) in [5.41, 5.74) is 3.31. The van der Waals surface area contributed by atoms with Gasteiger partial charge in [-0.3, -0.25) is 24.6 Å². The third kappa shape index (κ3) is 7.54. The van der Waals surface area contributed by atoms with Crippen molar-refractivity contribution >= 4 is 101 Å². The number of nitrogens with one attached hydrogen (secondary N) is 2. The second-order valence-electron chi connectivity index (χ2n) is 9.87. The first-order valence-electron chi connectivity index (χ1n) is 13.6. The van der Waals surface area contributed by atoms with Gasteiger partial charge in [-0.25, -0.2) is 4.98 Å². The number of hydrogen-bond acceptors (Lipinski definition) is 5. The van der Waals surface area contributed by atoms with Crippen LogP contribution in [0.5, 0.6) is 0 Å². The van der Waals surface area contributed by atoms with Crippen LogP contribution in [0.15, 0.2) is 110 Å². The third-order valence-corrected chi connectivity index (χ3v) is 8.30. The Labute approximate surface area is 290 Å². The molecule has 0 atom stereocenters. The van der Waals surface area contributed by atoms with Crippen LogP contribution in [0.25, 0.3) is 28.8 Å². The summed E-state index contributed by atoms with van der Waals surface area (Å²) in [5, 5.41) is 3.82. The molecule has 4 aromatic carbocycles. The van der Waals surface area contributed by atoms with Crippen molar-refractivity contribution in [2.75, 3.05) is 5.43 Å². The summed E-state index contributed by atoms with van der Waals surface area (Å²) in [5.74, 6) is -2.07. The maximum atomic E-state index is 14.1. The molecule has 0 bridgehead atoms. The zero-order valence-electron chi connectivity index (χ0n) is 23.9. The molecule has 0 aliphatic heterocycles. The van der Waals surface area contributed by atoms with Crippen LogP contribution in [-0.4, -0.2) is 27.3 Å². The van der Waals surface area contributed by atoms with Gasteiger partial charge >= 0.3 is 0 Å². The van der Waals surface area contributed by atoms with Gasteiger partial charge in [0.25, 0.3) is 17.4 Å². The highest BCUT2D eigenvalue weighted by Gasteiger charge is 2.23. The first kappa shape index (κ1) is 33.0. The number of aromatic nitrogens is 2. The molecule has 0 aliphatic carbocycles. The monoisotopic (exact) mass is 778 g/mol. The Morgan fingerprint density at radius 2 is 1.54 bits per heavy atom. The van der Waals surface area contributed by atoms with Crippen LogP contribution in [0.2, 0.25) is 10.0 Å². The summed E-state index contributed by atoms with van der Waals surface area (Å²) in [6.45, 7) is 1.24. The van der Waals surface area contributed by atoms with Gasteiger partial charge in [-0.1, -0.05) is 87.7 Å². The second kappa shape index (κ2) is 14.4. The summed E-state index contributed by atoms with van der Waals surface area (Å²) in [4.78, 5) is 58.7. The molecule has 46 heavy (non-hydrogen) atoms. The Bertz CT molecular complexity index is 2130. The average Bonchev–Trinajstić information content (AvgIpc) is 3.03. The number of amides is 2. The number of benzene rings is 4. The molecule has 0 spiro atoms. The lowest BCUT2D eigenvalue weighted by atomic mass is 10.1. The van der Waals surface area contributed by atoms with Crippen molar-refractivity contribution in [2.24, 2.45) is 0 Å². The number of rotatable bonds is 8. The minimum atomic E-state index is -0.882. The largest absolute Gasteiger partial charge is 0.319 e. The molecule has 0 unspecified atom stereocenters. The van der Waals surface area contributed by atoms with Gasteiger partial charge in [0, 0.05) is 24.6 Å². The highest BCUT2D eigenvalue weighted by molar-refractivity contribution is 9.11. The van der Waals surface area contributed by atoms with E-state index >= 15 is 0 Å². The van der Waals surface area contributed by atoms with E-state index < -0.39 is 23.2 Å². The Hall–Kier alpha value is -4.35. The first-order chi connectivity index (χ1) is 22.0. The van der Waals surface area contributed by atoms with Crippen LogP contribution in [0.4, 0.5) is 0 Å². The predicted molar refractivity (Wildman–Crippen MR) is 189 cm³/mol. The van der Waals surface area contributed by atoms with Gasteiger partial charge in [-0.2, -0.15) is 4.68 Å². The summed E-state index contributed by atoms with van der Waals surface area (Å²) >= 11 is 19.3. The Kier molecular flexibility index (Phi) is 10.3. The fourth-order valence-electron chi connectivity index (χ4n) is 4.40. The number of Topliss-reactive ketones (excluding diaryl/α,β-unsaturated/α-hetero) is 1. The van der Waals surface area contributed by atoms with E-state index in [2.05, 4.69) is 42.6 Å². The van der Waals surface area contributed by atoms with Crippen molar-refractivity contribution in [1.82, 2.24) is 15.0 Å². The molecule has 5 aromatic rings. The Balaban J connectivity index is 1.73. The number of nitrogens with zero attached hydrogens (tertiary/aromatic N) is 2. The molecular formula is C34H22Br2Cl2N4O4. The minimum absolute atomic E-state index is 0.0436. The topological polar surface area (TPSA) is 110 Å². The lowest BCUT2D eigenvalue weighted by Crippen LogP contribution is -2.39. The highest BCUT2D eigenvalue weighted by Crippen LogP contribution is 2.28. The van der Waals surface area contributed by atoms with Gasteiger partial charge in [0.15, 0.2) is 11.6 Å². The van der Waals surface area contributed by atoms with Gasteiger partial charge < -0.3 is 5.32 Å². The average molecular weight is 781 g/mol. The number of fused-ring (bicyclic) bond motifs is 1. The van der Waals surface area contributed by atoms with Crippen molar-refractivity contribution in [2.45, 2.75) is 6.92 Å². The molecule has 1 aromatic heterocycles. The van der Waals surface area contributed by atoms with Crippen LogP contribution in [0.1, 0.15) is 34.2 Å². The van der Waals surface area contributed by atoms with E-state index in [0.29, 0.717) is 35.7 Å². The van der Waals surface area contributed by atoms with Gasteiger partial charge in [0.1, 0.15) is 0 Å². The van der Waals surface area contributed by atoms with Crippen molar-refractivity contribution in [3.63, 3.8) is 0 Å². The third-order valence-electron chi connectivity index (χ3n) is 6.64. The fourth-order valence-corrected chi connectivity index (χ4v) is 6.03. The molecule has 2 amide bonds. The molecule has 1 heterocycles. The molecule has 8 nitrogen and oxygen atoms in total. The van der Waals surface area contributed by atoms with E-state index in [1.807, 2.05) is 0 Å². The highest BCUT2D eigenvalue weighted by atomic mass is 79.9. The summed E-state index contributed by atoms with van der Waals surface area (Å²) in [7, 11) is 0. The summed E-state index contributed by atoms with van der Waals surface area (Å²) in [6, 6.07) is 25.1. The molecule has 0 radical (unpaired) electrons. The zero-order chi connectivity index (χ0) is 33.0. The van der Waals surface area contributed by atoms with Crippen LogP contribution < -0.4 is 16.3 Å². The standard InChI is InChI=1S/C34H22Br2Cl2N4O4/c1-19(43)25(15-20-11-13-24(37)14-12-20)33(45)41-42-31(40-30-26(34(42)46)17-23(35)18-27(30)36)29(16-22-9-5-6-10-28(22)38)39-32(44)21-7-3-2-4-8-21/h2-18H,1H3,(H,39,44)(H,41,45)/b25-15-,29-16-. The maximum Gasteiger partial charge on any atom is 0.280 e. The van der Waals surface area contributed by atoms with Crippen molar-refractivity contribution in [3.8, 4) is 0 Å².